The molecule has 0 unspecified atom stereocenters. The Balaban J connectivity index is 1.35. The van der Waals surface area contributed by atoms with E-state index in [0.717, 1.165) is 49.0 Å². The molecule has 0 radical (unpaired) electrons. The Labute approximate surface area is 205 Å². The number of amides is 3. The third-order valence-corrected chi connectivity index (χ3v) is 7.76. The molecule has 3 amide bonds. The standard InChI is InChI=1S/C26H33N5O4/c1-16-14-21(31(2)30-16)23(32)29-22(17-6-4-3-5-7-17)24(33)27-18-8-9-19-20(15-18)28-25(34)26(19)10-12-35-13-11-26/h8-9,14-15,17,22H,3-7,10-13H2,1-2H3,(H,27,33)(H,28,34)(H,29,32)/t22-/m0/s1. The summed E-state index contributed by atoms with van der Waals surface area (Å²) in [5, 5.41) is 13.2. The molecule has 9 heteroatoms. The Bertz CT molecular complexity index is 1140. The fraction of sp³-hybridized carbons (Fsp3) is 0.538. The van der Waals surface area contributed by atoms with Crippen LogP contribution in [0.3, 0.4) is 0 Å². The Morgan fingerprint density at radius 1 is 1.17 bits per heavy atom. The molecule has 1 aromatic carbocycles. The predicted molar refractivity (Wildman–Crippen MR) is 131 cm³/mol. The minimum absolute atomic E-state index is 0.00177. The molecule has 1 aromatic heterocycles. The van der Waals surface area contributed by atoms with Gasteiger partial charge in [-0.3, -0.25) is 19.1 Å². The molecular weight excluding hydrogens is 446 g/mol. The molecule has 1 aliphatic carbocycles. The lowest BCUT2D eigenvalue weighted by Crippen LogP contribution is -2.49. The van der Waals surface area contributed by atoms with Crippen molar-refractivity contribution in [1.82, 2.24) is 15.1 Å². The number of hydrogen-bond acceptors (Lipinski definition) is 5. The largest absolute Gasteiger partial charge is 0.381 e. The second-order valence-electron chi connectivity index (χ2n) is 10.0. The van der Waals surface area contributed by atoms with Crippen molar-refractivity contribution in [1.29, 1.82) is 0 Å². The summed E-state index contributed by atoms with van der Waals surface area (Å²) >= 11 is 0. The quantitative estimate of drug-likeness (QED) is 0.610. The highest BCUT2D eigenvalue weighted by molar-refractivity contribution is 6.07. The number of rotatable bonds is 5. The number of carbonyl (C=O) groups is 3. The zero-order chi connectivity index (χ0) is 24.6. The topological polar surface area (TPSA) is 114 Å². The number of aryl methyl sites for hydroxylation is 2. The fourth-order valence-corrected chi connectivity index (χ4v) is 5.85. The van der Waals surface area contributed by atoms with Crippen LogP contribution in [0.1, 0.15) is 66.7 Å². The maximum absolute atomic E-state index is 13.5. The molecule has 186 valence electrons. The number of benzene rings is 1. The van der Waals surface area contributed by atoms with Gasteiger partial charge in [0.1, 0.15) is 11.7 Å². The summed E-state index contributed by atoms with van der Waals surface area (Å²) in [6, 6.07) is 6.67. The average Bonchev–Trinajstić information content (AvgIpc) is 3.33. The number of hydrogen-bond donors (Lipinski definition) is 3. The number of nitrogens with one attached hydrogen (secondary N) is 3. The zero-order valence-corrected chi connectivity index (χ0v) is 20.4. The third-order valence-electron chi connectivity index (χ3n) is 7.76. The van der Waals surface area contributed by atoms with Crippen molar-refractivity contribution < 1.29 is 19.1 Å². The highest BCUT2D eigenvalue weighted by atomic mass is 16.5. The molecule has 3 heterocycles. The second kappa shape index (κ2) is 9.45. The lowest BCUT2D eigenvalue weighted by molar-refractivity contribution is -0.124. The Kier molecular flexibility index (Phi) is 6.35. The first kappa shape index (κ1) is 23.5. The Hall–Kier alpha value is -3.20. The van der Waals surface area contributed by atoms with Crippen molar-refractivity contribution >= 4 is 29.1 Å². The van der Waals surface area contributed by atoms with E-state index in [1.807, 2.05) is 25.1 Å². The van der Waals surface area contributed by atoms with Gasteiger partial charge < -0.3 is 20.7 Å². The number of carbonyl (C=O) groups excluding carboxylic acids is 3. The van der Waals surface area contributed by atoms with Crippen LogP contribution in [0.5, 0.6) is 0 Å². The first-order valence-corrected chi connectivity index (χ1v) is 12.5. The van der Waals surface area contributed by atoms with Gasteiger partial charge in [-0.15, -0.1) is 0 Å². The second-order valence-corrected chi connectivity index (χ2v) is 10.0. The summed E-state index contributed by atoms with van der Waals surface area (Å²) in [7, 11) is 1.72. The van der Waals surface area contributed by atoms with Gasteiger partial charge >= 0.3 is 0 Å². The summed E-state index contributed by atoms with van der Waals surface area (Å²) in [6.45, 7) is 2.95. The van der Waals surface area contributed by atoms with Gasteiger partial charge in [0.15, 0.2) is 0 Å². The summed E-state index contributed by atoms with van der Waals surface area (Å²) in [4.78, 5) is 39.3. The van der Waals surface area contributed by atoms with E-state index >= 15 is 0 Å². The van der Waals surface area contributed by atoms with E-state index in [1.165, 1.54) is 4.68 Å². The smallest absolute Gasteiger partial charge is 0.270 e. The molecular formula is C26H33N5O4. The van der Waals surface area contributed by atoms with E-state index < -0.39 is 11.5 Å². The molecule has 1 atom stereocenters. The predicted octanol–water partition coefficient (Wildman–Crippen LogP) is 3.05. The molecule has 3 N–H and O–H groups in total. The highest BCUT2D eigenvalue weighted by Crippen LogP contribution is 2.45. The molecule has 1 saturated heterocycles. The van der Waals surface area contributed by atoms with E-state index in [-0.39, 0.29) is 23.6 Å². The molecule has 1 spiro atoms. The van der Waals surface area contributed by atoms with Crippen molar-refractivity contribution in [2.75, 3.05) is 23.8 Å². The monoisotopic (exact) mass is 479 g/mol. The molecule has 2 aromatic rings. The first-order valence-electron chi connectivity index (χ1n) is 12.5. The molecule has 0 bridgehead atoms. The van der Waals surface area contributed by atoms with E-state index in [1.54, 1.807) is 13.1 Å². The number of aromatic nitrogens is 2. The Morgan fingerprint density at radius 3 is 2.60 bits per heavy atom. The van der Waals surface area contributed by atoms with Crippen LogP contribution in [-0.4, -0.2) is 46.8 Å². The van der Waals surface area contributed by atoms with Crippen LogP contribution < -0.4 is 16.0 Å². The van der Waals surface area contributed by atoms with Crippen molar-refractivity contribution in [2.24, 2.45) is 13.0 Å². The van der Waals surface area contributed by atoms with Crippen LogP contribution in [-0.2, 0) is 26.8 Å². The van der Waals surface area contributed by atoms with Gasteiger partial charge in [-0.1, -0.05) is 25.3 Å². The van der Waals surface area contributed by atoms with Crippen LogP contribution in [0.25, 0.3) is 0 Å². The zero-order valence-electron chi connectivity index (χ0n) is 20.4. The highest BCUT2D eigenvalue weighted by Gasteiger charge is 2.47. The molecule has 5 rings (SSSR count). The summed E-state index contributed by atoms with van der Waals surface area (Å²) in [5.74, 6) is -0.476. The van der Waals surface area contributed by atoms with Crippen LogP contribution >= 0.6 is 0 Å². The molecule has 2 fully saturated rings. The summed E-state index contributed by atoms with van der Waals surface area (Å²) in [6.07, 6.45) is 6.34. The van der Waals surface area contributed by atoms with E-state index in [2.05, 4.69) is 21.0 Å². The molecule has 35 heavy (non-hydrogen) atoms. The fourth-order valence-electron chi connectivity index (χ4n) is 5.85. The number of anilines is 2. The lowest BCUT2D eigenvalue weighted by Gasteiger charge is -2.31. The van der Waals surface area contributed by atoms with Gasteiger partial charge in [0.25, 0.3) is 5.91 Å². The van der Waals surface area contributed by atoms with Crippen molar-refractivity contribution in [3.05, 3.63) is 41.2 Å². The minimum atomic E-state index is -0.650. The molecule has 1 saturated carbocycles. The number of ether oxygens (including phenoxy) is 1. The number of nitrogens with zero attached hydrogens (tertiary/aromatic N) is 2. The van der Waals surface area contributed by atoms with Crippen LogP contribution in [0.15, 0.2) is 24.3 Å². The van der Waals surface area contributed by atoms with Gasteiger partial charge in [0.2, 0.25) is 11.8 Å². The summed E-state index contributed by atoms with van der Waals surface area (Å²) < 4.78 is 7.01. The lowest BCUT2D eigenvalue weighted by atomic mass is 9.75. The number of fused-ring (bicyclic) bond motifs is 2. The normalized spacial score (nSPS) is 20.2. The van der Waals surface area contributed by atoms with Gasteiger partial charge in [0.05, 0.1) is 11.1 Å². The van der Waals surface area contributed by atoms with Crippen LogP contribution in [0, 0.1) is 12.8 Å². The van der Waals surface area contributed by atoms with Crippen LogP contribution in [0.2, 0.25) is 0 Å². The van der Waals surface area contributed by atoms with Gasteiger partial charge in [0, 0.05) is 31.6 Å². The Morgan fingerprint density at radius 2 is 1.91 bits per heavy atom. The SMILES string of the molecule is Cc1cc(C(=O)N[C@H](C(=O)Nc2ccc3c(c2)NC(=O)C32CCOCC2)C2CCCCC2)n(C)n1. The van der Waals surface area contributed by atoms with Gasteiger partial charge in [-0.05, 0) is 62.3 Å². The average molecular weight is 480 g/mol. The third kappa shape index (κ3) is 4.45. The summed E-state index contributed by atoms with van der Waals surface area (Å²) in [5.41, 5.74) is 2.93. The first-order chi connectivity index (χ1) is 16.9. The minimum Gasteiger partial charge on any atom is -0.381 e. The van der Waals surface area contributed by atoms with Crippen molar-refractivity contribution in [3.63, 3.8) is 0 Å². The van der Waals surface area contributed by atoms with E-state index in [0.29, 0.717) is 37.4 Å². The van der Waals surface area contributed by atoms with Crippen LogP contribution in [0.4, 0.5) is 11.4 Å². The molecule has 2 aliphatic heterocycles. The maximum atomic E-state index is 13.5. The maximum Gasteiger partial charge on any atom is 0.270 e. The molecule has 9 nitrogen and oxygen atoms in total. The van der Waals surface area contributed by atoms with Gasteiger partial charge in [-0.2, -0.15) is 5.10 Å². The molecule has 3 aliphatic rings. The van der Waals surface area contributed by atoms with Crippen molar-refractivity contribution in [2.45, 2.75) is 63.3 Å². The van der Waals surface area contributed by atoms with Crippen molar-refractivity contribution in [3.8, 4) is 0 Å². The van der Waals surface area contributed by atoms with E-state index in [4.69, 9.17) is 4.74 Å². The van der Waals surface area contributed by atoms with Gasteiger partial charge in [-0.25, -0.2) is 0 Å². The van der Waals surface area contributed by atoms with E-state index in [9.17, 15) is 14.4 Å².